The second-order valence-corrected chi connectivity index (χ2v) is 10.4. The molecule has 4 rings (SSSR count). The predicted octanol–water partition coefficient (Wildman–Crippen LogP) is 5.57. The van der Waals surface area contributed by atoms with Gasteiger partial charge in [0.25, 0.3) is 5.91 Å². The van der Waals surface area contributed by atoms with Crippen LogP contribution >= 0.6 is 11.8 Å². The fraction of sp³-hybridized carbons (Fsp3) is 0.522. The van der Waals surface area contributed by atoms with Crippen LogP contribution in [0.4, 0.5) is 0 Å². The van der Waals surface area contributed by atoms with Crippen molar-refractivity contribution in [2.75, 3.05) is 0 Å². The highest BCUT2D eigenvalue weighted by Crippen LogP contribution is 2.64. The van der Waals surface area contributed by atoms with E-state index >= 15 is 0 Å². The molecule has 2 bridgehead atoms. The molecule has 1 heterocycles. The van der Waals surface area contributed by atoms with Crippen LogP contribution in [0.1, 0.15) is 70.9 Å². The molecular weight excluding hydrogens is 366 g/mol. The summed E-state index contributed by atoms with van der Waals surface area (Å²) < 4.78 is 0. The molecule has 1 amide bonds. The van der Waals surface area contributed by atoms with Gasteiger partial charge in [0.2, 0.25) is 0 Å². The van der Waals surface area contributed by atoms with Crippen LogP contribution in [0, 0.1) is 16.7 Å². The van der Waals surface area contributed by atoms with E-state index in [1.165, 1.54) is 35.9 Å². The van der Waals surface area contributed by atoms with Gasteiger partial charge in [0.15, 0.2) is 5.17 Å². The van der Waals surface area contributed by atoms with Gasteiger partial charge >= 0.3 is 0 Å². The summed E-state index contributed by atoms with van der Waals surface area (Å²) in [5, 5.41) is 12.4. The Morgan fingerprint density at radius 2 is 1.89 bits per heavy atom. The third-order valence-electron chi connectivity index (χ3n) is 7.33. The van der Waals surface area contributed by atoms with E-state index in [4.69, 9.17) is 0 Å². The topological polar surface area (TPSA) is 53.8 Å². The molecule has 148 valence electrons. The molecule has 1 aliphatic heterocycles. The Bertz CT molecular complexity index is 895. The van der Waals surface area contributed by atoms with Gasteiger partial charge in [0.05, 0.1) is 4.91 Å². The first-order valence-electron chi connectivity index (χ1n) is 10.2. The molecule has 4 nitrogen and oxygen atoms in total. The Hall–Kier alpha value is -1.88. The first-order chi connectivity index (χ1) is 13.2. The fourth-order valence-corrected chi connectivity index (χ4v) is 5.56. The smallest absolute Gasteiger partial charge is 0.264 e. The summed E-state index contributed by atoms with van der Waals surface area (Å²) in [6.07, 6.45) is 5.42. The van der Waals surface area contributed by atoms with Crippen LogP contribution in [0.25, 0.3) is 6.08 Å². The van der Waals surface area contributed by atoms with Crippen molar-refractivity contribution < 1.29 is 4.79 Å². The standard InChI is InChI=1S/C23H29N3OS/c1-14(2)16-8-6-15(7-9-16)12-18-20(27)24-21(28-18)26-25-19-13-17-10-11-23(19,5)22(17,3)4/h6-9,12,14,17H,10-11,13H2,1-5H3,(H,24,26,27)/b18-12+,25-19-/t17-,23+/m0/s1. The predicted molar refractivity (Wildman–Crippen MR) is 118 cm³/mol. The van der Waals surface area contributed by atoms with Gasteiger partial charge in [-0.25, -0.2) is 0 Å². The van der Waals surface area contributed by atoms with Crippen LogP contribution < -0.4 is 5.32 Å². The summed E-state index contributed by atoms with van der Waals surface area (Å²) in [5.41, 5.74) is 3.93. The van der Waals surface area contributed by atoms with Gasteiger partial charge < -0.3 is 0 Å². The van der Waals surface area contributed by atoms with Crippen LogP contribution in [0.2, 0.25) is 0 Å². The minimum atomic E-state index is -0.101. The Balaban J connectivity index is 1.51. The van der Waals surface area contributed by atoms with Crippen molar-refractivity contribution in [2.24, 2.45) is 27.0 Å². The summed E-state index contributed by atoms with van der Waals surface area (Å²) in [5.74, 6) is 1.10. The van der Waals surface area contributed by atoms with Crippen molar-refractivity contribution in [3.63, 3.8) is 0 Å². The Kier molecular flexibility index (Phi) is 4.77. The lowest BCUT2D eigenvalue weighted by atomic mass is 9.70. The van der Waals surface area contributed by atoms with E-state index in [2.05, 4.69) is 74.4 Å². The third kappa shape index (κ3) is 3.14. The highest BCUT2D eigenvalue weighted by atomic mass is 32.2. The number of amides is 1. The van der Waals surface area contributed by atoms with Gasteiger partial charge in [-0.3, -0.25) is 10.1 Å². The van der Waals surface area contributed by atoms with Gasteiger partial charge in [0, 0.05) is 11.1 Å². The molecule has 1 N–H and O–H groups in total. The van der Waals surface area contributed by atoms with Crippen molar-refractivity contribution in [3.8, 4) is 0 Å². The second-order valence-electron chi connectivity index (χ2n) is 9.33. The van der Waals surface area contributed by atoms with Crippen LogP contribution in [0.3, 0.4) is 0 Å². The largest absolute Gasteiger partial charge is 0.299 e. The lowest BCUT2D eigenvalue weighted by Gasteiger charge is -2.34. The molecule has 1 aromatic rings. The summed E-state index contributed by atoms with van der Waals surface area (Å²) in [6, 6.07) is 8.35. The highest BCUT2D eigenvalue weighted by molar-refractivity contribution is 8.18. The summed E-state index contributed by atoms with van der Waals surface area (Å²) in [6.45, 7) is 11.4. The number of rotatable bonds is 3. The highest BCUT2D eigenvalue weighted by Gasteiger charge is 2.60. The molecule has 5 heteroatoms. The van der Waals surface area contributed by atoms with Crippen molar-refractivity contribution in [2.45, 2.75) is 59.8 Å². The summed E-state index contributed by atoms with van der Waals surface area (Å²) in [4.78, 5) is 13.0. The normalized spacial score (nSPS) is 32.9. The number of fused-ring (bicyclic) bond motifs is 2. The second kappa shape index (κ2) is 6.87. The van der Waals surface area contributed by atoms with Crippen molar-refractivity contribution in [1.82, 2.24) is 5.32 Å². The minimum Gasteiger partial charge on any atom is -0.299 e. The number of nitrogens with one attached hydrogen (secondary N) is 1. The van der Waals surface area contributed by atoms with Gasteiger partial charge in [-0.1, -0.05) is 58.9 Å². The number of thioether (sulfide) groups is 1. The van der Waals surface area contributed by atoms with Crippen molar-refractivity contribution in [3.05, 3.63) is 40.3 Å². The van der Waals surface area contributed by atoms with Crippen LogP contribution in [0.5, 0.6) is 0 Å². The first-order valence-corrected chi connectivity index (χ1v) is 11.0. The number of nitrogens with zero attached hydrogens (tertiary/aromatic N) is 2. The lowest BCUT2D eigenvalue weighted by molar-refractivity contribution is -0.115. The minimum absolute atomic E-state index is 0.101. The number of carbonyl (C=O) groups is 1. The van der Waals surface area contributed by atoms with E-state index in [0.29, 0.717) is 21.9 Å². The monoisotopic (exact) mass is 395 g/mol. The number of benzene rings is 1. The van der Waals surface area contributed by atoms with E-state index in [1.54, 1.807) is 0 Å². The molecule has 3 fully saturated rings. The molecule has 0 aromatic heterocycles. The molecule has 1 aromatic carbocycles. The number of hydrogen-bond donors (Lipinski definition) is 1. The van der Waals surface area contributed by atoms with Gasteiger partial charge in [-0.05, 0) is 65.5 Å². The zero-order valence-electron chi connectivity index (χ0n) is 17.4. The van der Waals surface area contributed by atoms with E-state index in [1.807, 2.05) is 6.08 Å². The molecule has 0 unspecified atom stereocenters. The van der Waals surface area contributed by atoms with Crippen LogP contribution in [0.15, 0.2) is 39.4 Å². The Morgan fingerprint density at radius 3 is 2.46 bits per heavy atom. The maximum absolute atomic E-state index is 12.3. The maximum Gasteiger partial charge on any atom is 0.264 e. The SMILES string of the molecule is CC(C)c1ccc(/C=C2/S/C(=N\N=C3\C[C@@H]4CC[C@@]3(C)C4(C)C)NC2=O)cc1. The van der Waals surface area contributed by atoms with E-state index < -0.39 is 0 Å². The maximum atomic E-state index is 12.3. The fourth-order valence-electron chi connectivity index (χ4n) is 4.79. The molecule has 2 atom stereocenters. The molecule has 0 spiro atoms. The average Bonchev–Trinajstić information content (AvgIpc) is 3.17. The van der Waals surface area contributed by atoms with Gasteiger partial charge in [-0.15, -0.1) is 5.10 Å². The van der Waals surface area contributed by atoms with Gasteiger partial charge in [0.1, 0.15) is 0 Å². The zero-order valence-corrected chi connectivity index (χ0v) is 18.2. The van der Waals surface area contributed by atoms with Crippen LogP contribution in [-0.4, -0.2) is 16.8 Å². The number of amidine groups is 1. The van der Waals surface area contributed by atoms with Crippen molar-refractivity contribution in [1.29, 1.82) is 0 Å². The third-order valence-corrected chi connectivity index (χ3v) is 8.23. The molecule has 0 radical (unpaired) electrons. The van der Waals surface area contributed by atoms with E-state index in [9.17, 15) is 4.79 Å². The van der Waals surface area contributed by atoms with E-state index in [-0.39, 0.29) is 16.7 Å². The summed E-state index contributed by atoms with van der Waals surface area (Å²) >= 11 is 1.37. The molecule has 1 saturated heterocycles. The molecule has 2 aliphatic carbocycles. The molecule has 28 heavy (non-hydrogen) atoms. The Labute approximate surface area is 172 Å². The number of carbonyl (C=O) groups excluding carboxylic acids is 1. The molecule has 3 aliphatic rings. The van der Waals surface area contributed by atoms with E-state index in [0.717, 1.165) is 12.0 Å². The Morgan fingerprint density at radius 1 is 1.18 bits per heavy atom. The molecule has 2 saturated carbocycles. The van der Waals surface area contributed by atoms with Gasteiger partial charge in [-0.2, -0.15) is 5.10 Å². The van der Waals surface area contributed by atoms with Crippen LogP contribution in [-0.2, 0) is 4.79 Å². The molecular formula is C23H29N3OS. The van der Waals surface area contributed by atoms with Crippen molar-refractivity contribution >= 4 is 34.6 Å². The quantitative estimate of drug-likeness (QED) is 0.537. The average molecular weight is 396 g/mol. The first kappa shape index (κ1) is 19.4. The number of hydrogen-bond acceptors (Lipinski definition) is 4. The zero-order chi connectivity index (χ0) is 20.1. The lowest BCUT2D eigenvalue weighted by Crippen LogP contribution is -2.32. The summed E-state index contributed by atoms with van der Waals surface area (Å²) in [7, 11) is 0.